The Balaban J connectivity index is 1.50. The number of hydrogen-bond donors (Lipinski definition) is 2. The van der Waals surface area contributed by atoms with Crippen LogP contribution in [0.4, 0.5) is 5.95 Å². The number of likely N-dealkylation sites (tertiary alicyclic amines) is 1. The number of phenolic OH excluding ortho intramolecular Hbond substituents is 1. The van der Waals surface area contributed by atoms with Crippen LogP contribution in [-0.2, 0) is 4.74 Å². The second-order valence-electron chi connectivity index (χ2n) is 7.14. The Labute approximate surface area is 168 Å². The van der Waals surface area contributed by atoms with Gasteiger partial charge in [0.05, 0.1) is 12.3 Å². The lowest BCUT2D eigenvalue weighted by molar-refractivity contribution is 0.131. The van der Waals surface area contributed by atoms with Crippen LogP contribution in [0.3, 0.4) is 0 Å². The fourth-order valence-electron chi connectivity index (χ4n) is 3.71. The van der Waals surface area contributed by atoms with E-state index >= 15 is 0 Å². The van der Waals surface area contributed by atoms with E-state index in [0.29, 0.717) is 23.2 Å². The number of piperidine rings is 1. The van der Waals surface area contributed by atoms with Crippen LogP contribution in [0, 0.1) is 6.92 Å². The molecular weight excluding hydrogens is 374 g/mol. The Bertz CT molecular complexity index is 961. The first kappa shape index (κ1) is 19.0. The van der Waals surface area contributed by atoms with Gasteiger partial charge in [-0.15, -0.1) is 21.5 Å². The molecule has 7 nitrogen and oxygen atoms in total. The molecule has 2 N–H and O–H groups in total. The molecule has 3 heterocycles. The summed E-state index contributed by atoms with van der Waals surface area (Å²) in [4.78, 5) is 7.00. The summed E-state index contributed by atoms with van der Waals surface area (Å²) in [5.41, 5.74) is 2.02. The fourth-order valence-corrected chi connectivity index (χ4v) is 4.50. The molecular formula is C20H25N5O2S. The van der Waals surface area contributed by atoms with Gasteiger partial charge in [-0.1, -0.05) is 0 Å². The van der Waals surface area contributed by atoms with Crippen molar-refractivity contribution in [3.8, 4) is 17.0 Å². The number of aromatic hydroxyl groups is 1. The van der Waals surface area contributed by atoms with Crippen LogP contribution in [0.2, 0.25) is 0 Å². The third kappa shape index (κ3) is 3.94. The summed E-state index contributed by atoms with van der Waals surface area (Å²) in [5, 5.41) is 25.5. The van der Waals surface area contributed by atoms with E-state index in [0.717, 1.165) is 54.9 Å². The van der Waals surface area contributed by atoms with Gasteiger partial charge in [-0.05, 0) is 49.9 Å². The molecule has 4 rings (SSSR count). The van der Waals surface area contributed by atoms with E-state index < -0.39 is 0 Å². The standard InChI is InChI=1S/C20H25N5O2S/c1-13-18(16-5-6-17-15(19(16)26)7-11-28-17)23-24-20(21-13)22-14-4-3-8-25(12-14)9-10-27-2/h5-7,11,14,26H,3-4,8-10,12H2,1-2H3,(H,21,22,24)/t14-/m1/s1. The number of rotatable bonds is 6. The lowest BCUT2D eigenvalue weighted by Gasteiger charge is -2.32. The zero-order valence-corrected chi connectivity index (χ0v) is 17.0. The molecule has 0 amide bonds. The minimum absolute atomic E-state index is 0.236. The summed E-state index contributed by atoms with van der Waals surface area (Å²) in [6, 6.07) is 6.10. The maximum absolute atomic E-state index is 10.6. The molecule has 0 unspecified atom stereocenters. The van der Waals surface area contributed by atoms with Crippen molar-refractivity contribution in [3.63, 3.8) is 0 Å². The van der Waals surface area contributed by atoms with Gasteiger partial charge in [0.2, 0.25) is 5.95 Å². The predicted molar refractivity (Wildman–Crippen MR) is 112 cm³/mol. The summed E-state index contributed by atoms with van der Waals surface area (Å²) in [6.07, 6.45) is 2.23. The molecule has 1 atom stereocenters. The molecule has 1 aromatic carbocycles. The highest BCUT2D eigenvalue weighted by Gasteiger charge is 2.21. The normalized spacial score (nSPS) is 17.9. The highest BCUT2D eigenvalue weighted by atomic mass is 32.1. The van der Waals surface area contributed by atoms with Crippen molar-refractivity contribution in [1.29, 1.82) is 0 Å². The van der Waals surface area contributed by atoms with Crippen LogP contribution in [0.1, 0.15) is 18.5 Å². The van der Waals surface area contributed by atoms with Crippen LogP contribution in [0.5, 0.6) is 5.75 Å². The van der Waals surface area contributed by atoms with Crippen molar-refractivity contribution in [3.05, 3.63) is 29.3 Å². The number of methoxy groups -OCH3 is 1. The number of thiophene rings is 1. The van der Waals surface area contributed by atoms with Crippen molar-refractivity contribution in [2.75, 3.05) is 38.7 Å². The molecule has 1 aliphatic heterocycles. The van der Waals surface area contributed by atoms with E-state index in [1.807, 2.05) is 30.5 Å². The van der Waals surface area contributed by atoms with Crippen molar-refractivity contribution in [1.82, 2.24) is 20.1 Å². The van der Waals surface area contributed by atoms with E-state index in [4.69, 9.17) is 4.74 Å². The Morgan fingerprint density at radius 2 is 2.21 bits per heavy atom. The van der Waals surface area contributed by atoms with E-state index in [1.165, 1.54) is 0 Å². The van der Waals surface area contributed by atoms with Crippen molar-refractivity contribution >= 4 is 27.4 Å². The Kier molecular flexibility index (Phi) is 5.70. The Morgan fingerprint density at radius 3 is 3.04 bits per heavy atom. The van der Waals surface area contributed by atoms with Gasteiger partial charge in [0.15, 0.2) is 0 Å². The zero-order chi connectivity index (χ0) is 19.5. The van der Waals surface area contributed by atoms with Gasteiger partial charge >= 0.3 is 0 Å². The molecule has 0 saturated carbocycles. The van der Waals surface area contributed by atoms with E-state index in [1.54, 1.807) is 18.4 Å². The van der Waals surface area contributed by atoms with Crippen LogP contribution in [0.25, 0.3) is 21.3 Å². The molecule has 0 spiro atoms. The van der Waals surface area contributed by atoms with Gasteiger partial charge in [-0.3, -0.25) is 4.90 Å². The summed E-state index contributed by atoms with van der Waals surface area (Å²) in [7, 11) is 1.73. The molecule has 2 aromatic heterocycles. The highest BCUT2D eigenvalue weighted by molar-refractivity contribution is 7.17. The first-order valence-corrected chi connectivity index (χ1v) is 10.4. The van der Waals surface area contributed by atoms with Gasteiger partial charge in [-0.2, -0.15) is 0 Å². The quantitative estimate of drug-likeness (QED) is 0.658. The number of aromatic nitrogens is 3. The second-order valence-corrected chi connectivity index (χ2v) is 8.09. The first-order chi connectivity index (χ1) is 13.7. The largest absolute Gasteiger partial charge is 0.507 e. The van der Waals surface area contributed by atoms with Gasteiger partial charge in [0.1, 0.15) is 11.4 Å². The topological polar surface area (TPSA) is 83.4 Å². The number of nitrogens with zero attached hydrogens (tertiary/aromatic N) is 4. The molecule has 0 aliphatic carbocycles. The molecule has 3 aromatic rings. The van der Waals surface area contributed by atoms with Crippen molar-refractivity contribution in [2.24, 2.45) is 0 Å². The van der Waals surface area contributed by atoms with Gasteiger partial charge in [0, 0.05) is 41.9 Å². The molecule has 1 aliphatic rings. The third-order valence-corrected chi connectivity index (χ3v) is 6.06. The molecule has 1 fully saturated rings. The zero-order valence-electron chi connectivity index (χ0n) is 16.2. The summed E-state index contributed by atoms with van der Waals surface area (Å²) < 4.78 is 6.23. The maximum Gasteiger partial charge on any atom is 0.243 e. The number of aryl methyl sites for hydroxylation is 1. The highest BCUT2D eigenvalue weighted by Crippen LogP contribution is 2.37. The number of anilines is 1. The number of fused-ring (bicyclic) bond motifs is 1. The number of nitrogens with one attached hydrogen (secondary N) is 1. The van der Waals surface area contributed by atoms with Crippen molar-refractivity contribution < 1.29 is 9.84 Å². The summed E-state index contributed by atoms with van der Waals surface area (Å²) >= 11 is 1.60. The van der Waals surface area contributed by atoms with Gasteiger partial charge < -0.3 is 15.2 Å². The van der Waals surface area contributed by atoms with Crippen LogP contribution < -0.4 is 5.32 Å². The average molecular weight is 400 g/mol. The van der Waals surface area contributed by atoms with E-state index in [-0.39, 0.29) is 5.75 Å². The Morgan fingerprint density at radius 1 is 1.32 bits per heavy atom. The SMILES string of the molecule is COCCN1CCC[C@@H](Nc2nnc(-c3ccc4sccc4c3O)c(C)n2)C1. The fraction of sp³-hybridized carbons (Fsp3) is 0.450. The molecule has 0 radical (unpaired) electrons. The lowest BCUT2D eigenvalue weighted by Crippen LogP contribution is -2.43. The lowest BCUT2D eigenvalue weighted by atomic mass is 10.1. The summed E-state index contributed by atoms with van der Waals surface area (Å²) in [5.74, 6) is 0.774. The van der Waals surface area contributed by atoms with Crippen molar-refractivity contribution in [2.45, 2.75) is 25.8 Å². The number of phenols is 1. The number of ether oxygens (including phenoxy) is 1. The van der Waals surface area contributed by atoms with E-state index in [9.17, 15) is 5.11 Å². The van der Waals surface area contributed by atoms with Crippen LogP contribution in [0.15, 0.2) is 23.6 Å². The van der Waals surface area contributed by atoms with Crippen LogP contribution >= 0.6 is 11.3 Å². The second kappa shape index (κ2) is 8.38. The minimum atomic E-state index is 0.236. The third-order valence-electron chi connectivity index (χ3n) is 5.17. The predicted octanol–water partition coefficient (Wildman–Crippen LogP) is 3.29. The smallest absolute Gasteiger partial charge is 0.243 e. The van der Waals surface area contributed by atoms with E-state index in [2.05, 4.69) is 25.4 Å². The number of hydrogen-bond acceptors (Lipinski definition) is 8. The minimum Gasteiger partial charge on any atom is -0.507 e. The molecule has 28 heavy (non-hydrogen) atoms. The van der Waals surface area contributed by atoms with Gasteiger partial charge in [-0.25, -0.2) is 4.98 Å². The Hall–Kier alpha value is -2.29. The molecule has 8 heteroatoms. The molecule has 0 bridgehead atoms. The summed E-state index contributed by atoms with van der Waals surface area (Å²) in [6.45, 7) is 5.64. The number of benzene rings is 1. The van der Waals surface area contributed by atoms with Crippen LogP contribution in [-0.4, -0.2) is 64.6 Å². The molecule has 148 valence electrons. The van der Waals surface area contributed by atoms with Gasteiger partial charge in [0.25, 0.3) is 0 Å². The maximum atomic E-state index is 10.6. The molecule has 1 saturated heterocycles. The first-order valence-electron chi connectivity index (χ1n) is 9.54. The monoisotopic (exact) mass is 399 g/mol. The average Bonchev–Trinajstić information content (AvgIpc) is 3.18.